The standard InChI is InChI=1S/C15H22N2O/c1-2-10-16-11-5-12-17-14-7-4-3-6-13(14)8-9-15(17)18/h3-4,6-7,16H,2,5,8-12H2,1H3. The number of nitrogens with zero attached hydrogens (tertiary/aromatic N) is 1. The van der Waals surface area contributed by atoms with E-state index in [2.05, 4.69) is 30.4 Å². The molecule has 98 valence electrons. The van der Waals surface area contributed by atoms with Gasteiger partial charge in [-0.05, 0) is 44.0 Å². The Morgan fingerprint density at radius 2 is 2.06 bits per heavy atom. The van der Waals surface area contributed by atoms with Gasteiger partial charge in [0, 0.05) is 18.7 Å². The first kappa shape index (κ1) is 13.1. The van der Waals surface area contributed by atoms with Gasteiger partial charge < -0.3 is 10.2 Å². The fourth-order valence-corrected chi connectivity index (χ4v) is 2.41. The van der Waals surface area contributed by atoms with Crippen LogP contribution in [0.15, 0.2) is 24.3 Å². The second kappa shape index (κ2) is 6.55. The lowest BCUT2D eigenvalue weighted by atomic mass is 10.0. The summed E-state index contributed by atoms with van der Waals surface area (Å²) in [6, 6.07) is 8.26. The first-order chi connectivity index (χ1) is 8.83. The maximum Gasteiger partial charge on any atom is 0.227 e. The van der Waals surface area contributed by atoms with E-state index in [0.29, 0.717) is 6.42 Å². The number of aryl methyl sites for hydroxylation is 1. The molecule has 1 amide bonds. The molecule has 0 unspecified atom stereocenters. The van der Waals surface area contributed by atoms with Crippen molar-refractivity contribution in [2.45, 2.75) is 32.6 Å². The summed E-state index contributed by atoms with van der Waals surface area (Å²) in [6.07, 6.45) is 3.71. The van der Waals surface area contributed by atoms with Crippen LogP contribution in [0.4, 0.5) is 5.69 Å². The summed E-state index contributed by atoms with van der Waals surface area (Å²) in [5.41, 5.74) is 2.42. The number of rotatable bonds is 6. The molecule has 1 aliphatic rings. The van der Waals surface area contributed by atoms with Crippen LogP contribution in [0.1, 0.15) is 31.7 Å². The van der Waals surface area contributed by atoms with Gasteiger partial charge in [0.1, 0.15) is 0 Å². The van der Waals surface area contributed by atoms with Gasteiger partial charge in [-0.2, -0.15) is 0 Å². The molecule has 1 aromatic rings. The van der Waals surface area contributed by atoms with E-state index >= 15 is 0 Å². The number of fused-ring (bicyclic) bond motifs is 1. The summed E-state index contributed by atoms with van der Waals surface area (Å²) in [7, 11) is 0. The van der Waals surface area contributed by atoms with Crippen LogP contribution in [0.3, 0.4) is 0 Å². The zero-order valence-corrected chi connectivity index (χ0v) is 11.1. The molecular weight excluding hydrogens is 224 g/mol. The molecule has 0 atom stereocenters. The van der Waals surface area contributed by atoms with Crippen LogP contribution in [-0.4, -0.2) is 25.5 Å². The monoisotopic (exact) mass is 246 g/mol. The van der Waals surface area contributed by atoms with E-state index in [4.69, 9.17) is 0 Å². The van der Waals surface area contributed by atoms with Gasteiger partial charge in [-0.15, -0.1) is 0 Å². The second-order valence-electron chi connectivity index (χ2n) is 4.78. The first-order valence-electron chi connectivity index (χ1n) is 6.92. The Morgan fingerprint density at radius 1 is 1.22 bits per heavy atom. The Labute approximate surface area is 109 Å². The van der Waals surface area contributed by atoms with Crippen molar-refractivity contribution in [2.24, 2.45) is 0 Å². The molecule has 0 aliphatic carbocycles. The third kappa shape index (κ3) is 3.10. The molecule has 0 radical (unpaired) electrons. The number of hydrogen-bond donors (Lipinski definition) is 1. The lowest BCUT2D eigenvalue weighted by Gasteiger charge is -2.29. The van der Waals surface area contributed by atoms with Crippen molar-refractivity contribution in [3.63, 3.8) is 0 Å². The maximum absolute atomic E-state index is 12.0. The van der Waals surface area contributed by atoms with E-state index in [0.717, 1.165) is 44.6 Å². The number of nitrogens with one attached hydrogen (secondary N) is 1. The van der Waals surface area contributed by atoms with Gasteiger partial charge >= 0.3 is 0 Å². The SMILES string of the molecule is CCCNCCCN1C(=O)CCc2ccccc21. The van der Waals surface area contributed by atoms with Crippen molar-refractivity contribution in [3.8, 4) is 0 Å². The van der Waals surface area contributed by atoms with Crippen molar-refractivity contribution in [1.29, 1.82) is 0 Å². The number of anilines is 1. The first-order valence-corrected chi connectivity index (χ1v) is 6.92. The van der Waals surface area contributed by atoms with Gasteiger partial charge in [-0.25, -0.2) is 0 Å². The minimum Gasteiger partial charge on any atom is -0.317 e. The van der Waals surface area contributed by atoms with Gasteiger partial charge in [0.15, 0.2) is 0 Å². The van der Waals surface area contributed by atoms with Crippen molar-refractivity contribution < 1.29 is 4.79 Å². The molecule has 0 aromatic heterocycles. The van der Waals surface area contributed by atoms with Gasteiger partial charge in [0.2, 0.25) is 5.91 Å². The lowest BCUT2D eigenvalue weighted by Crippen LogP contribution is -2.37. The Morgan fingerprint density at radius 3 is 2.89 bits per heavy atom. The van der Waals surface area contributed by atoms with Crippen LogP contribution in [0.2, 0.25) is 0 Å². The van der Waals surface area contributed by atoms with Crippen LogP contribution < -0.4 is 10.2 Å². The summed E-state index contributed by atoms with van der Waals surface area (Å²) >= 11 is 0. The molecule has 1 heterocycles. The number of carbonyl (C=O) groups excluding carboxylic acids is 1. The highest BCUT2D eigenvalue weighted by molar-refractivity contribution is 5.96. The van der Waals surface area contributed by atoms with E-state index in [-0.39, 0.29) is 5.91 Å². The van der Waals surface area contributed by atoms with Gasteiger partial charge in [0.05, 0.1) is 0 Å². The van der Waals surface area contributed by atoms with E-state index < -0.39 is 0 Å². The number of benzene rings is 1. The van der Waals surface area contributed by atoms with Gasteiger partial charge in [-0.1, -0.05) is 25.1 Å². The lowest BCUT2D eigenvalue weighted by molar-refractivity contribution is -0.118. The molecule has 0 fully saturated rings. The Bertz CT molecular complexity index is 403. The van der Waals surface area contributed by atoms with E-state index in [1.807, 2.05) is 11.0 Å². The second-order valence-corrected chi connectivity index (χ2v) is 4.78. The van der Waals surface area contributed by atoms with Crippen LogP contribution in [0.5, 0.6) is 0 Å². The van der Waals surface area contributed by atoms with Crippen molar-refractivity contribution >= 4 is 11.6 Å². The highest BCUT2D eigenvalue weighted by Crippen LogP contribution is 2.27. The van der Waals surface area contributed by atoms with E-state index in [1.54, 1.807) is 0 Å². The van der Waals surface area contributed by atoms with Crippen molar-refractivity contribution in [2.75, 3.05) is 24.5 Å². The molecule has 1 N–H and O–H groups in total. The fraction of sp³-hybridized carbons (Fsp3) is 0.533. The molecule has 1 aliphatic heterocycles. The molecule has 0 saturated carbocycles. The molecular formula is C15H22N2O. The van der Waals surface area contributed by atoms with Crippen LogP contribution in [0, 0.1) is 0 Å². The topological polar surface area (TPSA) is 32.3 Å². The number of para-hydroxylation sites is 1. The predicted octanol–water partition coefficient (Wildman–Crippen LogP) is 2.36. The summed E-state index contributed by atoms with van der Waals surface area (Å²) in [6.45, 7) is 5.04. The quantitative estimate of drug-likeness (QED) is 0.781. The van der Waals surface area contributed by atoms with Crippen LogP contribution in [-0.2, 0) is 11.2 Å². The highest BCUT2D eigenvalue weighted by Gasteiger charge is 2.22. The minimum atomic E-state index is 0.268. The minimum absolute atomic E-state index is 0.268. The number of carbonyl (C=O) groups is 1. The summed E-state index contributed by atoms with van der Waals surface area (Å²) in [5.74, 6) is 0.268. The third-order valence-corrected chi connectivity index (χ3v) is 3.35. The van der Waals surface area contributed by atoms with E-state index in [1.165, 1.54) is 5.56 Å². The molecule has 0 spiro atoms. The smallest absolute Gasteiger partial charge is 0.227 e. The predicted molar refractivity (Wildman–Crippen MR) is 74.9 cm³/mol. The summed E-state index contributed by atoms with van der Waals surface area (Å²) in [4.78, 5) is 13.9. The zero-order valence-electron chi connectivity index (χ0n) is 11.1. The number of amides is 1. The molecule has 2 rings (SSSR count). The molecule has 0 saturated heterocycles. The Kier molecular flexibility index (Phi) is 4.76. The highest BCUT2D eigenvalue weighted by atomic mass is 16.2. The van der Waals surface area contributed by atoms with Gasteiger partial charge in [-0.3, -0.25) is 4.79 Å². The maximum atomic E-state index is 12.0. The average Bonchev–Trinajstić information content (AvgIpc) is 2.41. The van der Waals surface area contributed by atoms with Gasteiger partial charge in [0.25, 0.3) is 0 Å². The Hall–Kier alpha value is -1.35. The zero-order chi connectivity index (χ0) is 12.8. The van der Waals surface area contributed by atoms with E-state index in [9.17, 15) is 4.79 Å². The third-order valence-electron chi connectivity index (χ3n) is 3.35. The number of hydrogen-bond acceptors (Lipinski definition) is 2. The van der Waals surface area contributed by atoms with Crippen LogP contribution in [0.25, 0.3) is 0 Å². The normalized spacial score (nSPS) is 14.7. The average molecular weight is 246 g/mol. The molecule has 0 bridgehead atoms. The van der Waals surface area contributed by atoms with Crippen molar-refractivity contribution in [3.05, 3.63) is 29.8 Å². The van der Waals surface area contributed by atoms with Crippen LogP contribution >= 0.6 is 0 Å². The molecule has 18 heavy (non-hydrogen) atoms. The molecule has 3 heteroatoms. The van der Waals surface area contributed by atoms with Crippen molar-refractivity contribution in [1.82, 2.24) is 5.32 Å². The largest absolute Gasteiger partial charge is 0.317 e. The summed E-state index contributed by atoms with van der Waals surface area (Å²) < 4.78 is 0. The summed E-state index contributed by atoms with van der Waals surface area (Å²) in [5, 5.41) is 3.38. The molecule has 3 nitrogen and oxygen atoms in total. The molecule has 1 aromatic carbocycles. The fourth-order valence-electron chi connectivity index (χ4n) is 2.41. The Balaban J connectivity index is 1.93.